The molecule has 0 heterocycles. The van der Waals surface area contributed by atoms with Crippen LogP contribution in [-0.4, -0.2) is 24.0 Å². The van der Waals surface area contributed by atoms with Crippen LogP contribution in [0.2, 0.25) is 0 Å². The second-order valence-electron chi connectivity index (χ2n) is 3.11. The van der Waals surface area contributed by atoms with Crippen LogP contribution < -0.4 is 0 Å². The van der Waals surface area contributed by atoms with E-state index in [1.807, 2.05) is 0 Å². The van der Waals surface area contributed by atoms with Crippen molar-refractivity contribution in [1.29, 1.82) is 0 Å². The Balaban J connectivity index is 1.97. The Morgan fingerprint density at radius 2 is 2.33 bits per heavy atom. The van der Waals surface area contributed by atoms with Gasteiger partial charge in [0.1, 0.15) is 0 Å². The third kappa shape index (κ3) is 2.77. The van der Waals surface area contributed by atoms with Gasteiger partial charge in [-0.25, -0.2) is 9.18 Å². The van der Waals surface area contributed by atoms with Gasteiger partial charge >= 0.3 is 5.97 Å². The fourth-order valence-electron chi connectivity index (χ4n) is 1.19. The molecule has 0 aromatic heterocycles. The zero-order valence-corrected chi connectivity index (χ0v) is 6.83. The van der Waals surface area contributed by atoms with Crippen LogP contribution in [0.1, 0.15) is 25.7 Å². The van der Waals surface area contributed by atoms with Gasteiger partial charge in [-0.3, -0.25) is 0 Å². The third-order valence-corrected chi connectivity index (χ3v) is 2.21. The molecule has 70 valence electrons. The second kappa shape index (κ2) is 4.40. The van der Waals surface area contributed by atoms with Crippen LogP contribution in [0.25, 0.3) is 0 Å². The SMILES string of the molecule is O=C(O)C(F)OCCC1CCC1. The molecular weight excluding hydrogens is 163 g/mol. The first-order valence-electron chi connectivity index (χ1n) is 4.18. The first kappa shape index (κ1) is 9.45. The van der Waals surface area contributed by atoms with Crippen molar-refractivity contribution in [2.75, 3.05) is 6.61 Å². The highest BCUT2D eigenvalue weighted by Gasteiger charge is 2.19. The van der Waals surface area contributed by atoms with E-state index in [0.29, 0.717) is 5.92 Å². The maximum atomic E-state index is 12.3. The van der Waals surface area contributed by atoms with Crippen LogP contribution in [0.15, 0.2) is 0 Å². The molecular formula is C8H13FO3. The average molecular weight is 176 g/mol. The molecule has 1 rings (SSSR count). The number of carboxylic acid groups (broad SMARTS) is 1. The second-order valence-corrected chi connectivity index (χ2v) is 3.11. The minimum Gasteiger partial charge on any atom is -0.477 e. The molecule has 1 N–H and O–H groups in total. The van der Waals surface area contributed by atoms with Crippen LogP contribution >= 0.6 is 0 Å². The van der Waals surface area contributed by atoms with E-state index in [2.05, 4.69) is 4.74 Å². The summed E-state index contributed by atoms with van der Waals surface area (Å²) in [7, 11) is 0. The lowest BCUT2D eigenvalue weighted by molar-refractivity contribution is -0.163. The van der Waals surface area contributed by atoms with E-state index in [0.717, 1.165) is 6.42 Å². The van der Waals surface area contributed by atoms with Crippen LogP contribution in [-0.2, 0) is 9.53 Å². The van der Waals surface area contributed by atoms with Crippen LogP contribution in [0.4, 0.5) is 4.39 Å². The van der Waals surface area contributed by atoms with Crippen molar-refractivity contribution in [3.05, 3.63) is 0 Å². The van der Waals surface area contributed by atoms with Gasteiger partial charge in [0.15, 0.2) is 0 Å². The Morgan fingerprint density at radius 1 is 1.67 bits per heavy atom. The number of aliphatic carboxylic acids is 1. The topological polar surface area (TPSA) is 46.5 Å². The van der Waals surface area contributed by atoms with E-state index in [1.165, 1.54) is 19.3 Å². The van der Waals surface area contributed by atoms with Gasteiger partial charge in [-0.05, 0) is 12.3 Å². The van der Waals surface area contributed by atoms with Gasteiger partial charge in [0.05, 0.1) is 6.61 Å². The fourth-order valence-corrected chi connectivity index (χ4v) is 1.19. The highest BCUT2D eigenvalue weighted by atomic mass is 19.1. The molecule has 1 atom stereocenters. The molecule has 1 unspecified atom stereocenters. The zero-order chi connectivity index (χ0) is 8.97. The van der Waals surface area contributed by atoms with Crippen molar-refractivity contribution in [2.45, 2.75) is 32.0 Å². The maximum Gasteiger partial charge on any atom is 0.366 e. The van der Waals surface area contributed by atoms with Crippen molar-refractivity contribution >= 4 is 5.97 Å². The Bertz CT molecular complexity index is 156. The molecule has 0 aliphatic heterocycles. The summed E-state index contributed by atoms with van der Waals surface area (Å²) in [5.74, 6) is -0.908. The van der Waals surface area contributed by atoms with E-state index in [1.54, 1.807) is 0 Å². The molecule has 1 saturated carbocycles. The number of hydrogen-bond donors (Lipinski definition) is 1. The molecule has 3 nitrogen and oxygen atoms in total. The molecule has 0 bridgehead atoms. The first-order valence-corrected chi connectivity index (χ1v) is 4.18. The molecule has 1 aliphatic rings. The van der Waals surface area contributed by atoms with Crippen LogP contribution in [0.5, 0.6) is 0 Å². The predicted octanol–water partition coefficient (Wildman–Crippen LogP) is 1.57. The van der Waals surface area contributed by atoms with Crippen LogP contribution in [0.3, 0.4) is 0 Å². The van der Waals surface area contributed by atoms with E-state index in [4.69, 9.17) is 5.11 Å². The quantitative estimate of drug-likeness (QED) is 0.691. The summed E-state index contributed by atoms with van der Waals surface area (Å²) in [6.07, 6.45) is 2.22. The van der Waals surface area contributed by atoms with Crippen molar-refractivity contribution < 1.29 is 19.0 Å². The summed E-state index contributed by atoms with van der Waals surface area (Å²) in [6, 6.07) is 0. The molecule has 4 heteroatoms. The molecule has 0 radical (unpaired) electrons. The Morgan fingerprint density at radius 3 is 2.75 bits per heavy atom. The molecule has 0 saturated heterocycles. The molecule has 12 heavy (non-hydrogen) atoms. The molecule has 0 amide bonds. The molecule has 1 fully saturated rings. The van der Waals surface area contributed by atoms with Gasteiger partial charge in [0, 0.05) is 0 Å². The van der Waals surface area contributed by atoms with E-state index in [-0.39, 0.29) is 6.61 Å². The highest BCUT2D eigenvalue weighted by Crippen LogP contribution is 2.29. The molecule has 0 aromatic rings. The van der Waals surface area contributed by atoms with Gasteiger partial charge in [0.2, 0.25) is 0 Å². The monoisotopic (exact) mass is 176 g/mol. The van der Waals surface area contributed by atoms with E-state index in [9.17, 15) is 9.18 Å². The number of carbonyl (C=O) groups is 1. The maximum absolute atomic E-state index is 12.3. The smallest absolute Gasteiger partial charge is 0.366 e. The Hall–Kier alpha value is -0.640. The third-order valence-electron chi connectivity index (χ3n) is 2.21. The Labute approximate surface area is 70.5 Å². The Kier molecular flexibility index (Phi) is 3.47. The minimum absolute atomic E-state index is 0.220. The lowest BCUT2D eigenvalue weighted by Gasteiger charge is -2.24. The zero-order valence-electron chi connectivity index (χ0n) is 6.83. The molecule has 0 spiro atoms. The first-order chi connectivity index (χ1) is 5.70. The van der Waals surface area contributed by atoms with Crippen molar-refractivity contribution in [2.24, 2.45) is 5.92 Å². The average Bonchev–Trinajstić information content (AvgIpc) is 1.93. The van der Waals surface area contributed by atoms with Crippen molar-refractivity contribution in [3.8, 4) is 0 Å². The number of carboxylic acids is 1. The summed E-state index contributed by atoms with van der Waals surface area (Å²) < 4.78 is 16.7. The summed E-state index contributed by atoms with van der Waals surface area (Å²) >= 11 is 0. The van der Waals surface area contributed by atoms with E-state index >= 15 is 0 Å². The van der Waals surface area contributed by atoms with Crippen LogP contribution in [0, 0.1) is 5.92 Å². The van der Waals surface area contributed by atoms with Gasteiger partial charge in [-0.2, -0.15) is 0 Å². The van der Waals surface area contributed by atoms with E-state index < -0.39 is 12.3 Å². The summed E-state index contributed by atoms with van der Waals surface area (Å²) in [5, 5.41) is 8.12. The molecule has 0 aromatic carbocycles. The molecule has 1 aliphatic carbocycles. The normalized spacial score (nSPS) is 20.1. The van der Waals surface area contributed by atoms with Crippen molar-refractivity contribution in [1.82, 2.24) is 0 Å². The highest BCUT2D eigenvalue weighted by molar-refractivity contribution is 5.70. The standard InChI is InChI=1S/C8H13FO3/c9-7(8(10)11)12-5-4-6-2-1-3-6/h6-7H,1-5H2,(H,10,11). The number of rotatable bonds is 5. The van der Waals surface area contributed by atoms with Gasteiger partial charge in [-0.1, -0.05) is 19.3 Å². The van der Waals surface area contributed by atoms with Gasteiger partial charge in [-0.15, -0.1) is 0 Å². The van der Waals surface area contributed by atoms with Crippen molar-refractivity contribution in [3.63, 3.8) is 0 Å². The van der Waals surface area contributed by atoms with Gasteiger partial charge in [0.25, 0.3) is 6.36 Å². The fraction of sp³-hybridized carbons (Fsp3) is 0.875. The summed E-state index contributed by atoms with van der Waals surface area (Å²) in [6.45, 7) is 0.220. The summed E-state index contributed by atoms with van der Waals surface area (Å²) in [4.78, 5) is 9.96. The minimum atomic E-state index is -2.15. The lowest BCUT2D eigenvalue weighted by atomic mass is 9.83. The number of hydrogen-bond acceptors (Lipinski definition) is 2. The number of halogens is 1. The lowest BCUT2D eigenvalue weighted by Crippen LogP contribution is -2.21. The predicted molar refractivity (Wildman–Crippen MR) is 40.4 cm³/mol. The summed E-state index contributed by atoms with van der Waals surface area (Å²) in [5.41, 5.74) is 0. The number of alkyl halides is 1. The largest absolute Gasteiger partial charge is 0.477 e. The van der Waals surface area contributed by atoms with Gasteiger partial charge < -0.3 is 9.84 Å². The number of ether oxygens (including phenoxy) is 1.